The van der Waals surface area contributed by atoms with E-state index in [1.807, 2.05) is 37.4 Å². The summed E-state index contributed by atoms with van der Waals surface area (Å²) in [4.78, 5) is 18.0. The summed E-state index contributed by atoms with van der Waals surface area (Å²) in [5, 5.41) is 12.1. The first kappa shape index (κ1) is 20.5. The Bertz CT molecular complexity index is 943. The number of ether oxygens (including phenoxy) is 1. The lowest BCUT2D eigenvalue weighted by Gasteiger charge is -2.32. The number of nitrogens with zero attached hydrogens (tertiary/aromatic N) is 3. The minimum absolute atomic E-state index is 0.229. The molecule has 7 nitrogen and oxygen atoms in total. The molecule has 4 rings (SSSR count). The van der Waals surface area contributed by atoms with Crippen LogP contribution >= 0.6 is 11.6 Å². The van der Waals surface area contributed by atoms with E-state index in [9.17, 15) is 4.79 Å². The van der Waals surface area contributed by atoms with Gasteiger partial charge in [-0.15, -0.1) is 0 Å². The molecule has 0 spiro atoms. The van der Waals surface area contributed by atoms with Crippen LogP contribution in [0.25, 0.3) is 16.8 Å². The maximum absolute atomic E-state index is 11.9. The van der Waals surface area contributed by atoms with Crippen LogP contribution in [-0.4, -0.2) is 59.7 Å². The molecule has 2 aliphatic heterocycles. The monoisotopic (exact) mass is 427 g/mol. The van der Waals surface area contributed by atoms with Crippen LogP contribution in [0.3, 0.4) is 0 Å². The number of benzene rings is 1. The molecule has 1 amide bonds. The van der Waals surface area contributed by atoms with Crippen molar-refractivity contribution in [1.29, 1.82) is 0 Å². The van der Waals surface area contributed by atoms with Crippen molar-refractivity contribution in [2.45, 2.75) is 32.2 Å². The molecular formula is C22H26ClN5O2. The zero-order valence-corrected chi connectivity index (χ0v) is 17.8. The Morgan fingerprint density at radius 3 is 2.73 bits per heavy atom. The molecule has 0 radical (unpaired) electrons. The zero-order valence-electron chi connectivity index (χ0n) is 17.0. The fourth-order valence-electron chi connectivity index (χ4n) is 3.89. The first-order valence-electron chi connectivity index (χ1n) is 10.4. The average molecular weight is 428 g/mol. The van der Waals surface area contributed by atoms with E-state index < -0.39 is 0 Å². The lowest BCUT2D eigenvalue weighted by molar-refractivity contribution is 0.0983. The van der Waals surface area contributed by atoms with Gasteiger partial charge in [0.25, 0.3) is 0 Å². The third kappa shape index (κ3) is 4.51. The quantitative estimate of drug-likeness (QED) is 0.729. The Morgan fingerprint density at radius 2 is 2.07 bits per heavy atom. The summed E-state index contributed by atoms with van der Waals surface area (Å²) in [6.07, 6.45) is 6.26. The molecule has 158 valence electrons. The number of anilines is 1. The number of H-pyrrole nitrogens is 1. The fourth-order valence-corrected chi connectivity index (χ4v) is 4.02. The lowest BCUT2D eigenvalue weighted by Crippen LogP contribution is -2.42. The lowest BCUT2D eigenvalue weighted by atomic mass is 9.96. The number of hydrogen-bond acceptors (Lipinski definition) is 5. The SMILES string of the molecule is CCOC(=O)N1CCC(Nc2n[nH]c(-c3ccc(Cl)cc3)c2C2=CC=NCC2)CC1. The second-order valence-electron chi connectivity index (χ2n) is 7.43. The maximum atomic E-state index is 11.9. The number of carbonyl (C=O) groups is 1. The van der Waals surface area contributed by atoms with E-state index in [2.05, 4.69) is 26.6 Å². The van der Waals surface area contributed by atoms with Gasteiger partial charge >= 0.3 is 6.09 Å². The number of amides is 1. The molecule has 0 unspecified atom stereocenters. The predicted molar refractivity (Wildman–Crippen MR) is 120 cm³/mol. The van der Waals surface area contributed by atoms with Gasteiger partial charge in [-0.05, 0) is 50.0 Å². The van der Waals surface area contributed by atoms with Crippen LogP contribution in [0.2, 0.25) is 5.02 Å². The molecule has 3 heterocycles. The number of halogens is 1. The van der Waals surface area contributed by atoms with Crippen LogP contribution in [0.5, 0.6) is 0 Å². The van der Waals surface area contributed by atoms with Crippen molar-refractivity contribution in [2.75, 3.05) is 31.6 Å². The highest BCUT2D eigenvalue weighted by Crippen LogP contribution is 2.36. The van der Waals surface area contributed by atoms with Gasteiger partial charge in [-0.25, -0.2) is 4.79 Å². The summed E-state index contributed by atoms with van der Waals surface area (Å²) in [5.41, 5.74) is 4.29. The smallest absolute Gasteiger partial charge is 0.409 e. The Morgan fingerprint density at radius 1 is 1.30 bits per heavy atom. The molecule has 1 aromatic carbocycles. The van der Waals surface area contributed by atoms with Crippen molar-refractivity contribution >= 4 is 35.3 Å². The number of allylic oxidation sites excluding steroid dienone is 1. The van der Waals surface area contributed by atoms with Crippen molar-refractivity contribution in [3.05, 3.63) is 40.9 Å². The maximum Gasteiger partial charge on any atom is 0.409 e. The molecule has 0 bridgehead atoms. The average Bonchev–Trinajstić information content (AvgIpc) is 3.19. The predicted octanol–water partition coefficient (Wildman–Crippen LogP) is 4.62. The molecule has 0 saturated carbocycles. The molecule has 1 saturated heterocycles. The summed E-state index contributed by atoms with van der Waals surface area (Å²) >= 11 is 6.07. The highest BCUT2D eigenvalue weighted by Gasteiger charge is 2.26. The number of aromatic nitrogens is 2. The zero-order chi connectivity index (χ0) is 20.9. The van der Waals surface area contributed by atoms with E-state index in [1.54, 1.807) is 4.90 Å². The van der Waals surface area contributed by atoms with Crippen molar-refractivity contribution < 1.29 is 9.53 Å². The minimum Gasteiger partial charge on any atom is -0.450 e. The van der Waals surface area contributed by atoms with Crippen molar-refractivity contribution in [2.24, 2.45) is 4.99 Å². The van der Waals surface area contributed by atoms with Gasteiger partial charge in [0.2, 0.25) is 0 Å². The number of likely N-dealkylation sites (tertiary alicyclic amines) is 1. The van der Waals surface area contributed by atoms with E-state index >= 15 is 0 Å². The third-order valence-corrected chi connectivity index (χ3v) is 5.73. The molecule has 2 N–H and O–H groups in total. The van der Waals surface area contributed by atoms with Crippen LogP contribution in [0.4, 0.5) is 10.6 Å². The molecular weight excluding hydrogens is 402 g/mol. The molecule has 30 heavy (non-hydrogen) atoms. The Labute approximate surface area is 181 Å². The number of carbonyl (C=O) groups excluding carboxylic acids is 1. The molecule has 1 aromatic heterocycles. The van der Waals surface area contributed by atoms with Gasteiger partial charge < -0.3 is 15.0 Å². The second-order valence-corrected chi connectivity index (χ2v) is 7.87. The summed E-state index contributed by atoms with van der Waals surface area (Å²) in [6.45, 7) is 4.35. The van der Waals surface area contributed by atoms with Gasteiger partial charge in [-0.1, -0.05) is 23.7 Å². The van der Waals surface area contributed by atoms with E-state index in [0.717, 1.165) is 48.4 Å². The summed E-state index contributed by atoms with van der Waals surface area (Å²) in [5.74, 6) is 0.844. The van der Waals surface area contributed by atoms with Gasteiger partial charge in [0.05, 0.1) is 12.3 Å². The number of aromatic amines is 1. The Balaban J connectivity index is 1.55. The third-order valence-electron chi connectivity index (χ3n) is 5.47. The second kappa shape index (κ2) is 9.34. The first-order valence-corrected chi connectivity index (χ1v) is 10.8. The van der Waals surface area contributed by atoms with Gasteiger partial charge in [-0.2, -0.15) is 5.10 Å². The van der Waals surface area contributed by atoms with Crippen LogP contribution in [0.15, 0.2) is 35.3 Å². The Hall–Kier alpha value is -2.80. The first-order chi connectivity index (χ1) is 14.7. The van der Waals surface area contributed by atoms with Gasteiger partial charge in [0.1, 0.15) is 0 Å². The van der Waals surface area contributed by atoms with E-state index in [-0.39, 0.29) is 12.1 Å². The molecule has 2 aliphatic rings. The Kier molecular flexibility index (Phi) is 6.38. The number of aliphatic imine (C=N–C) groups is 1. The highest BCUT2D eigenvalue weighted by molar-refractivity contribution is 6.30. The molecule has 0 atom stereocenters. The standard InChI is InChI=1S/C22H26ClN5O2/c1-2-30-22(29)28-13-9-18(10-14-28)25-21-19(15-7-11-24-12-8-15)20(26-27-21)16-3-5-17(23)6-4-16/h3-7,11,18H,2,8-10,12-14H2,1H3,(H2,25,26,27). The summed E-state index contributed by atoms with van der Waals surface area (Å²) < 4.78 is 5.11. The normalized spacial score (nSPS) is 17.0. The topological polar surface area (TPSA) is 82.6 Å². The molecule has 1 fully saturated rings. The van der Waals surface area contributed by atoms with Crippen LogP contribution in [0.1, 0.15) is 31.7 Å². The number of nitrogens with one attached hydrogen (secondary N) is 2. The van der Waals surface area contributed by atoms with E-state index in [1.165, 1.54) is 5.57 Å². The largest absolute Gasteiger partial charge is 0.450 e. The van der Waals surface area contributed by atoms with Crippen molar-refractivity contribution in [3.8, 4) is 11.3 Å². The van der Waals surface area contributed by atoms with Crippen LogP contribution < -0.4 is 5.32 Å². The minimum atomic E-state index is -0.229. The summed E-state index contributed by atoms with van der Waals surface area (Å²) in [7, 11) is 0. The number of rotatable bonds is 5. The van der Waals surface area contributed by atoms with Gasteiger partial charge in [0.15, 0.2) is 5.82 Å². The van der Waals surface area contributed by atoms with Crippen molar-refractivity contribution in [1.82, 2.24) is 15.1 Å². The summed E-state index contributed by atoms with van der Waals surface area (Å²) in [6, 6.07) is 8.01. The fraction of sp³-hybridized carbons (Fsp3) is 0.409. The number of piperidine rings is 1. The molecule has 8 heteroatoms. The van der Waals surface area contributed by atoms with E-state index in [0.29, 0.717) is 24.7 Å². The van der Waals surface area contributed by atoms with E-state index in [4.69, 9.17) is 16.3 Å². The van der Waals surface area contributed by atoms with Gasteiger partial charge in [0, 0.05) is 48.0 Å². The molecule has 2 aromatic rings. The molecule has 0 aliphatic carbocycles. The van der Waals surface area contributed by atoms with Gasteiger partial charge in [-0.3, -0.25) is 10.1 Å². The van der Waals surface area contributed by atoms with Crippen LogP contribution in [0, 0.1) is 0 Å². The number of hydrogen-bond donors (Lipinski definition) is 2. The van der Waals surface area contributed by atoms with Crippen molar-refractivity contribution in [3.63, 3.8) is 0 Å². The van der Waals surface area contributed by atoms with Crippen LogP contribution in [-0.2, 0) is 4.74 Å². The highest BCUT2D eigenvalue weighted by atomic mass is 35.5. The number of dihydropyridines is 1.